The summed E-state index contributed by atoms with van der Waals surface area (Å²) in [6.45, 7) is 0. The van der Waals surface area contributed by atoms with Gasteiger partial charge in [-0.05, 0) is 84.4 Å². The summed E-state index contributed by atoms with van der Waals surface area (Å²) in [6, 6.07) is 9.02. The van der Waals surface area contributed by atoms with Crippen molar-refractivity contribution in [3.63, 3.8) is 0 Å². The first kappa shape index (κ1) is 18.1. The Hall–Kier alpha value is -1.96. The van der Waals surface area contributed by atoms with Gasteiger partial charge < -0.3 is 10.4 Å². The highest BCUT2D eigenvalue weighted by molar-refractivity contribution is 8.45. The average Bonchev–Trinajstić information content (AvgIpc) is 3.21. The number of benzene rings is 2. The maximum Gasteiger partial charge on any atom is 0.310 e. The van der Waals surface area contributed by atoms with Gasteiger partial charge in [-0.3, -0.25) is 0 Å². The molecular weight excluding hydrogens is 397 g/mol. The second kappa shape index (κ2) is 4.96. The molecule has 0 aromatic heterocycles. The van der Waals surface area contributed by atoms with Crippen LogP contribution in [-0.4, -0.2) is 5.11 Å². The second-order valence-corrected chi connectivity index (χ2v) is 10.8. The molecule has 2 aromatic rings. The van der Waals surface area contributed by atoms with Crippen molar-refractivity contribution in [3.05, 3.63) is 53.6 Å². The quantitative estimate of drug-likeness (QED) is 0.501. The number of halogens is 5. The van der Waals surface area contributed by atoms with Gasteiger partial charge in [-0.15, -0.1) is 0 Å². The van der Waals surface area contributed by atoms with E-state index in [2.05, 4.69) is 5.32 Å². The van der Waals surface area contributed by atoms with E-state index in [1.165, 1.54) is 0 Å². The predicted molar refractivity (Wildman–Crippen MR) is 99.4 cm³/mol. The van der Waals surface area contributed by atoms with Gasteiger partial charge in [0.25, 0.3) is 0 Å². The molecule has 0 saturated heterocycles. The van der Waals surface area contributed by atoms with E-state index < -0.39 is 15.1 Å². The SMILES string of the molecule is Oc1ccc([C@@H]2Nc3ccc(S(F)(F)(F)(F)F)cc3[C@H]3[C@@H]4CC[C@@H](C4)[C@H]32)cc1. The first-order chi connectivity index (χ1) is 12.9. The summed E-state index contributed by atoms with van der Waals surface area (Å²) >= 11 is 0. The molecular formula is C20H20F5NOS. The fourth-order valence-electron chi connectivity index (χ4n) is 5.72. The third kappa shape index (κ3) is 2.76. The fourth-order valence-corrected chi connectivity index (χ4v) is 6.39. The Balaban J connectivity index is 1.64. The Morgan fingerprint density at radius 1 is 0.893 bits per heavy atom. The molecule has 5 atom stereocenters. The van der Waals surface area contributed by atoms with Crippen molar-refractivity contribution < 1.29 is 24.5 Å². The zero-order valence-electron chi connectivity index (χ0n) is 14.8. The number of hydrogen-bond donors (Lipinski definition) is 2. The van der Waals surface area contributed by atoms with E-state index in [1.807, 2.05) is 12.1 Å². The van der Waals surface area contributed by atoms with Crippen LogP contribution in [-0.2, 0) is 0 Å². The van der Waals surface area contributed by atoms with Crippen LogP contribution in [0.15, 0.2) is 47.4 Å². The maximum absolute atomic E-state index is 13.4. The first-order valence-corrected chi connectivity index (χ1v) is 11.3. The molecule has 2 aromatic carbocycles. The Bertz CT molecular complexity index is 960. The van der Waals surface area contributed by atoms with E-state index >= 15 is 0 Å². The molecule has 2 bridgehead atoms. The molecule has 0 unspecified atom stereocenters. The zero-order chi connectivity index (χ0) is 20.0. The van der Waals surface area contributed by atoms with Crippen LogP contribution in [0.1, 0.15) is 42.3 Å². The summed E-state index contributed by atoms with van der Waals surface area (Å²) < 4.78 is 66.9. The lowest BCUT2D eigenvalue weighted by Crippen LogP contribution is -2.35. The van der Waals surface area contributed by atoms with Crippen molar-refractivity contribution >= 4 is 15.9 Å². The van der Waals surface area contributed by atoms with E-state index in [9.17, 15) is 24.5 Å². The third-order valence-electron chi connectivity index (χ3n) is 6.76. The Morgan fingerprint density at radius 2 is 1.57 bits per heavy atom. The molecule has 2 N–H and O–H groups in total. The van der Waals surface area contributed by atoms with E-state index in [0.717, 1.165) is 30.9 Å². The minimum Gasteiger partial charge on any atom is -0.508 e. The standard InChI is InChI=1S/C20H20F5NOS/c21-28(22,23,24,25)15-7-8-17-16(10-15)18-12-1-2-13(9-12)19(18)20(26-17)11-3-5-14(27)6-4-11/h3-8,10,12-13,18-20,26-27H,1-2,9H2/t12-,13+,18-,19-,20+/m1/s1. The van der Waals surface area contributed by atoms with E-state index in [0.29, 0.717) is 29.3 Å². The molecule has 2 saturated carbocycles. The second-order valence-electron chi connectivity index (χ2n) is 8.37. The van der Waals surface area contributed by atoms with Crippen LogP contribution in [0.5, 0.6) is 5.75 Å². The number of phenolic OH excluding ortho intramolecular Hbond substituents is 1. The van der Waals surface area contributed by atoms with Crippen LogP contribution in [0, 0.1) is 17.8 Å². The number of aromatic hydroxyl groups is 1. The van der Waals surface area contributed by atoms with E-state index in [4.69, 9.17) is 0 Å². The molecule has 28 heavy (non-hydrogen) atoms. The van der Waals surface area contributed by atoms with Gasteiger partial charge in [-0.25, -0.2) is 0 Å². The molecule has 0 radical (unpaired) electrons. The van der Waals surface area contributed by atoms with Gasteiger partial charge >= 0.3 is 10.2 Å². The van der Waals surface area contributed by atoms with E-state index in [1.54, 1.807) is 12.1 Å². The lowest BCUT2D eigenvalue weighted by molar-refractivity contribution is 0.247. The molecule has 0 spiro atoms. The van der Waals surface area contributed by atoms with Crippen LogP contribution >= 0.6 is 10.2 Å². The predicted octanol–water partition coefficient (Wildman–Crippen LogP) is 7.35. The number of phenols is 1. The molecule has 3 aliphatic rings. The van der Waals surface area contributed by atoms with Gasteiger partial charge in [-0.2, -0.15) is 0 Å². The van der Waals surface area contributed by atoms with Gasteiger partial charge in [0.15, 0.2) is 0 Å². The number of anilines is 1. The average molecular weight is 417 g/mol. The van der Waals surface area contributed by atoms with Crippen molar-refractivity contribution in [2.75, 3.05) is 5.32 Å². The van der Waals surface area contributed by atoms with Gasteiger partial charge in [0.2, 0.25) is 0 Å². The monoisotopic (exact) mass is 417 g/mol. The van der Waals surface area contributed by atoms with Crippen molar-refractivity contribution in [3.8, 4) is 5.75 Å². The largest absolute Gasteiger partial charge is 0.508 e. The summed E-state index contributed by atoms with van der Waals surface area (Å²) in [7, 11) is -9.72. The number of rotatable bonds is 2. The van der Waals surface area contributed by atoms with Crippen LogP contribution in [0.25, 0.3) is 0 Å². The molecule has 8 heteroatoms. The number of hydrogen-bond acceptors (Lipinski definition) is 2. The molecule has 1 heterocycles. The minimum absolute atomic E-state index is 0.0598. The Kier molecular flexibility index (Phi) is 3.20. The molecule has 1 aliphatic heterocycles. The highest BCUT2D eigenvalue weighted by atomic mass is 32.5. The van der Waals surface area contributed by atoms with Crippen molar-refractivity contribution in [2.45, 2.75) is 36.1 Å². The molecule has 152 valence electrons. The van der Waals surface area contributed by atoms with Crippen molar-refractivity contribution in [2.24, 2.45) is 17.8 Å². The summed E-state index contributed by atoms with van der Waals surface area (Å²) in [5.41, 5.74) is 1.82. The molecule has 5 rings (SSSR count). The number of nitrogens with one attached hydrogen (secondary N) is 1. The van der Waals surface area contributed by atoms with E-state index in [-0.39, 0.29) is 29.5 Å². The van der Waals surface area contributed by atoms with Crippen LogP contribution in [0.2, 0.25) is 0 Å². The Labute approximate surface area is 159 Å². The van der Waals surface area contributed by atoms with Crippen LogP contribution in [0.3, 0.4) is 0 Å². The van der Waals surface area contributed by atoms with Crippen LogP contribution in [0.4, 0.5) is 25.1 Å². The Morgan fingerprint density at radius 3 is 2.25 bits per heavy atom. The summed E-state index contributed by atoms with van der Waals surface area (Å²) in [5.74, 6) is 0.630. The lowest BCUT2D eigenvalue weighted by Gasteiger charge is -2.45. The zero-order valence-corrected chi connectivity index (χ0v) is 15.6. The lowest BCUT2D eigenvalue weighted by atomic mass is 9.68. The maximum atomic E-state index is 13.4. The molecule has 2 aliphatic carbocycles. The van der Waals surface area contributed by atoms with Gasteiger partial charge in [0.05, 0.1) is 6.04 Å². The molecule has 0 amide bonds. The van der Waals surface area contributed by atoms with Crippen LogP contribution < -0.4 is 5.32 Å². The van der Waals surface area contributed by atoms with Crippen molar-refractivity contribution in [1.29, 1.82) is 0 Å². The smallest absolute Gasteiger partial charge is 0.310 e. The summed E-state index contributed by atoms with van der Waals surface area (Å²) in [4.78, 5) is -1.80. The topological polar surface area (TPSA) is 32.3 Å². The highest BCUT2D eigenvalue weighted by Gasteiger charge is 2.66. The fraction of sp³-hybridized carbons (Fsp3) is 0.400. The highest BCUT2D eigenvalue weighted by Crippen LogP contribution is 3.02. The minimum atomic E-state index is -9.72. The first-order valence-electron chi connectivity index (χ1n) is 9.34. The summed E-state index contributed by atoms with van der Waals surface area (Å²) in [6.07, 6.45) is 2.86. The normalized spacial score (nSPS) is 33.4. The number of fused-ring (bicyclic) bond motifs is 7. The third-order valence-corrected chi connectivity index (χ3v) is 7.90. The van der Waals surface area contributed by atoms with Gasteiger partial charge in [0.1, 0.15) is 10.6 Å². The van der Waals surface area contributed by atoms with Gasteiger partial charge in [-0.1, -0.05) is 31.6 Å². The van der Waals surface area contributed by atoms with Crippen molar-refractivity contribution in [1.82, 2.24) is 0 Å². The molecule has 2 fully saturated rings. The molecule has 2 nitrogen and oxygen atoms in total. The van der Waals surface area contributed by atoms with Gasteiger partial charge in [0, 0.05) is 5.69 Å². The summed E-state index contributed by atoms with van der Waals surface area (Å²) in [5, 5.41) is 12.9.